The number of hydrogen-bond donors (Lipinski definition) is 2. The molecule has 1 aromatic carbocycles. The summed E-state index contributed by atoms with van der Waals surface area (Å²) in [5.74, 6) is 1.30. The van der Waals surface area contributed by atoms with Gasteiger partial charge in [0.25, 0.3) is 0 Å². The van der Waals surface area contributed by atoms with Crippen LogP contribution in [0.15, 0.2) is 29.3 Å². The van der Waals surface area contributed by atoms with Crippen LogP contribution in [0.4, 0.5) is 0 Å². The summed E-state index contributed by atoms with van der Waals surface area (Å²) in [4.78, 5) is 21.8. The fourth-order valence-corrected chi connectivity index (χ4v) is 3.84. The maximum absolute atomic E-state index is 12.0. The zero-order valence-electron chi connectivity index (χ0n) is 18.9. The molecule has 1 heterocycles. The number of esters is 1. The highest BCUT2D eigenvalue weighted by atomic mass is 127. The van der Waals surface area contributed by atoms with Crippen LogP contribution in [-0.4, -0.2) is 43.7 Å². The fourth-order valence-electron chi connectivity index (χ4n) is 2.88. The minimum atomic E-state index is -0.316. The Morgan fingerprint density at radius 2 is 2.10 bits per heavy atom. The van der Waals surface area contributed by atoms with Gasteiger partial charge in [-0.3, -0.25) is 4.99 Å². The number of halogens is 1. The molecule has 2 aromatic rings. The van der Waals surface area contributed by atoms with Gasteiger partial charge >= 0.3 is 5.97 Å². The fraction of sp³-hybridized carbons (Fsp3) is 0.500. The lowest BCUT2D eigenvalue weighted by Crippen LogP contribution is -2.38. The van der Waals surface area contributed by atoms with Crippen molar-refractivity contribution in [1.29, 1.82) is 0 Å². The smallest absolute Gasteiger partial charge is 0.350 e. The van der Waals surface area contributed by atoms with Crippen molar-refractivity contribution in [3.8, 4) is 5.75 Å². The highest BCUT2D eigenvalue weighted by molar-refractivity contribution is 14.0. The molecule has 0 aliphatic rings. The molecule has 2 rings (SSSR count). The van der Waals surface area contributed by atoms with Crippen LogP contribution in [0.1, 0.15) is 59.2 Å². The number of aromatic nitrogens is 1. The van der Waals surface area contributed by atoms with Gasteiger partial charge in [0.2, 0.25) is 0 Å². The van der Waals surface area contributed by atoms with Crippen LogP contribution in [0.5, 0.6) is 5.75 Å². The number of aryl methyl sites for hydroxylation is 2. The molecule has 0 radical (unpaired) electrons. The lowest BCUT2D eigenvalue weighted by molar-refractivity contribution is 0.0531. The van der Waals surface area contributed by atoms with Gasteiger partial charge in [0.05, 0.1) is 25.5 Å². The van der Waals surface area contributed by atoms with Gasteiger partial charge in [0, 0.05) is 13.1 Å². The average molecular weight is 561 g/mol. The van der Waals surface area contributed by atoms with Crippen LogP contribution >= 0.6 is 35.3 Å². The van der Waals surface area contributed by atoms with E-state index in [1.807, 2.05) is 32.9 Å². The molecular weight excluding hydrogens is 527 g/mol. The second kappa shape index (κ2) is 14.2. The number of thiazole rings is 1. The number of methoxy groups -OCH3 is 1. The minimum Gasteiger partial charge on any atom is -0.497 e. The first kappa shape index (κ1) is 27.2. The molecule has 0 amide bonds. The Balaban J connectivity index is 0.00000480. The molecular formula is C22H33IN4O3S. The second-order valence-electron chi connectivity index (χ2n) is 6.77. The van der Waals surface area contributed by atoms with Gasteiger partial charge in [-0.2, -0.15) is 0 Å². The molecule has 7 nitrogen and oxygen atoms in total. The van der Waals surface area contributed by atoms with Crippen molar-refractivity contribution in [3.05, 3.63) is 45.4 Å². The lowest BCUT2D eigenvalue weighted by atomic mass is 10.1. The van der Waals surface area contributed by atoms with Crippen molar-refractivity contribution < 1.29 is 14.3 Å². The van der Waals surface area contributed by atoms with Gasteiger partial charge in [-0.25, -0.2) is 9.78 Å². The van der Waals surface area contributed by atoms with Crippen molar-refractivity contribution in [2.24, 2.45) is 4.99 Å². The summed E-state index contributed by atoms with van der Waals surface area (Å²) in [5, 5.41) is 7.48. The normalized spacial score (nSPS) is 12.0. The van der Waals surface area contributed by atoms with Gasteiger partial charge in [0.1, 0.15) is 15.6 Å². The molecule has 0 saturated carbocycles. The third-order valence-electron chi connectivity index (χ3n) is 4.37. The first-order valence-electron chi connectivity index (χ1n) is 10.3. The first-order chi connectivity index (χ1) is 14.5. The van der Waals surface area contributed by atoms with Crippen LogP contribution in [-0.2, 0) is 11.2 Å². The molecule has 1 atom stereocenters. The largest absolute Gasteiger partial charge is 0.497 e. The number of carbonyl (C=O) groups is 1. The Bertz CT molecular complexity index is 857. The van der Waals surface area contributed by atoms with Crippen molar-refractivity contribution >= 4 is 47.2 Å². The Kier molecular flexibility index (Phi) is 12.5. The minimum absolute atomic E-state index is 0. The molecule has 0 fully saturated rings. The molecule has 9 heteroatoms. The molecule has 0 aliphatic carbocycles. The van der Waals surface area contributed by atoms with Crippen LogP contribution in [0.25, 0.3) is 0 Å². The summed E-state index contributed by atoms with van der Waals surface area (Å²) in [6.07, 6.45) is 1.87. The molecule has 1 aromatic heterocycles. The van der Waals surface area contributed by atoms with Crippen LogP contribution < -0.4 is 15.4 Å². The Hall–Kier alpha value is -1.88. The second-order valence-corrected chi connectivity index (χ2v) is 7.80. The zero-order valence-corrected chi connectivity index (χ0v) is 22.0. The number of hydrogen-bond acceptors (Lipinski definition) is 6. The van der Waals surface area contributed by atoms with Gasteiger partial charge in [0.15, 0.2) is 5.96 Å². The number of benzene rings is 1. The van der Waals surface area contributed by atoms with E-state index in [1.165, 1.54) is 16.9 Å². The SMILES string of the molecule is CCNC(=NCCCc1cccc(OC)c1)NC(C)c1nc(C)c(C(=O)OCC)s1.I. The third-order valence-corrected chi connectivity index (χ3v) is 5.69. The summed E-state index contributed by atoms with van der Waals surface area (Å²) in [7, 11) is 1.68. The predicted molar refractivity (Wildman–Crippen MR) is 137 cm³/mol. The number of nitrogens with zero attached hydrogens (tertiary/aromatic N) is 2. The summed E-state index contributed by atoms with van der Waals surface area (Å²) < 4.78 is 10.4. The predicted octanol–water partition coefficient (Wildman–Crippen LogP) is 4.50. The van der Waals surface area contributed by atoms with E-state index in [0.717, 1.165) is 36.1 Å². The highest BCUT2D eigenvalue weighted by Gasteiger charge is 2.20. The Morgan fingerprint density at radius 1 is 1.32 bits per heavy atom. The van der Waals surface area contributed by atoms with Gasteiger partial charge in [-0.15, -0.1) is 35.3 Å². The van der Waals surface area contributed by atoms with Gasteiger partial charge in [-0.05, 0) is 58.2 Å². The number of nitrogens with one attached hydrogen (secondary N) is 2. The molecule has 172 valence electrons. The monoisotopic (exact) mass is 560 g/mol. The van der Waals surface area contributed by atoms with Crippen molar-refractivity contribution in [2.75, 3.05) is 26.8 Å². The standard InChI is InChI=1S/C22H32N4O3S.HI/c1-6-23-22(24-13-9-11-17-10-8-12-18(14-17)28-5)26-16(4)20-25-15(3)19(30-20)21(27)29-7-2;/h8,10,12,14,16H,6-7,9,11,13H2,1-5H3,(H2,23,24,26);1H. The van der Waals surface area contributed by atoms with E-state index < -0.39 is 0 Å². The molecule has 0 saturated heterocycles. The Labute approximate surface area is 206 Å². The van der Waals surface area contributed by atoms with E-state index in [9.17, 15) is 4.79 Å². The molecule has 2 N–H and O–H groups in total. The van der Waals surface area contributed by atoms with Crippen LogP contribution in [0.3, 0.4) is 0 Å². The molecule has 0 aliphatic heterocycles. The van der Waals surface area contributed by atoms with E-state index in [2.05, 4.69) is 32.7 Å². The molecule has 31 heavy (non-hydrogen) atoms. The van der Waals surface area contributed by atoms with E-state index in [1.54, 1.807) is 14.0 Å². The lowest BCUT2D eigenvalue weighted by Gasteiger charge is -2.16. The number of rotatable bonds is 10. The number of carbonyl (C=O) groups excluding carboxylic acids is 1. The van der Waals surface area contributed by atoms with E-state index in [-0.39, 0.29) is 36.0 Å². The summed E-state index contributed by atoms with van der Waals surface area (Å²) >= 11 is 1.36. The first-order valence-corrected chi connectivity index (χ1v) is 11.1. The van der Waals surface area contributed by atoms with Crippen LogP contribution in [0, 0.1) is 6.92 Å². The van der Waals surface area contributed by atoms with E-state index in [4.69, 9.17) is 9.47 Å². The summed E-state index contributed by atoms with van der Waals surface area (Å²) in [6.45, 7) is 9.49. The highest BCUT2D eigenvalue weighted by Crippen LogP contribution is 2.24. The maximum Gasteiger partial charge on any atom is 0.350 e. The average Bonchev–Trinajstić information content (AvgIpc) is 3.13. The quantitative estimate of drug-likeness (QED) is 0.146. The maximum atomic E-state index is 12.0. The Morgan fingerprint density at radius 3 is 2.77 bits per heavy atom. The number of aliphatic imine (C=N–C) groups is 1. The number of ether oxygens (including phenoxy) is 2. The number of guanidine groups is 1. The van der Waals surface area contributed by atoms with Gasteiger partial charge in [-0.1, -0.05) is 12.1 Å². The summed E-state index contributed by atoms with van der Waals surface area (Å²) in [5.41, 5.74) is 1.93. The van der Waals surface area contributed by atoms with Crippen LogP contribution in [0.2, 0.25) is 0 Å². The third kappa shape index (κ3) is 8.64. The van der Waals surface area contributed by atoms with Crippen molar-refractivity contribution in [1.82, 2.24) is 15.6 Å². The molecule has 0 spiro atoms. The molecule has 0 bridgehead atoms. The van der Waals surface area contributed by atoms with Crippen molar-refractivity contribution in [3.63, 3.8) is 0 Å². The van der Waals surface area contributed by atoms with E-state index in [0.29, 0.717) is 23.7 Å². The van der Waals surface area contributed by atoms with Crippen molar-refractivity contribution in [2.45, 2.75) is 46.6 Å². The zero-order chi connectivity index (χ0) is 21.9. The topological polar surface area (TPSA) is 84.8 Å². The van der Waals surface area contributed by atoms with Gasteiger partial charge < -0.3 is 20.1 Å². The molecule has 1 unspecified atom stereocenters. The summed E-state index contributed by atoms with van der Waals surface area (Å²) in [6, 6.07) is 8.04. The van der Waals surface area contributed by atoms with E-state index >= 15 is 0 Å².